The van der Waals surface area contributed by atoms with Crippen LogP contribution in [0.1, 0.15) is 48.6 Å². The van der Waals surface area contributed by atoms with Gasteiger partial charge in [0.15, 0.2) is 5.13 Å². The molecule has 1 amide bonds. The van der Waals surface area contributed by atoms with Gasteiger partial charge < -0.3 is 15.5 Å². The topological polar surface area (TPSA) is 70.2 Å². The fraction of sp³-hybridized carbons (Fsp3) is 0.550. The van der Waals surface area contributed by atoms with E-state index in [4.69, 9.17) is 4.98 Å². The number of rotatable bonds is 4. The highest BCUT2D eigenvalue weighted by Gasteiger charge is 2.29. The number of nitrogens with zero attached hydrogens (tertiary/aromatic N) is 3. The van der Waals surface area contributed by atoms with Gasteiger partial charge in [0.2, 0.25) is 5.91 Å². The minimum atomic E-state index is 0.0303. The number of amides is 1. The summed E-state index contributed by atoms with van der Waals surface area (Å²) < 4.78 is 0. The van der Waals surface area contributed by atoms with Crippen molar-refractivity contribution >= 4 is 28.2 Å². The van der Waals surface area contributed by atoms with Gasteiger partial charge in [0.1, 0.15) is 5.82 Å². The number of piperidine rings is 2. The van der Waals surface area contributed by atoms with Crippen LogP contribution in [0.2, 0.25) is 0 Å². The van der Waals surface area contributed by atoms with E-state index in [9.17, 15) is 4.79 Å². The lowest BCUT2D eigenvalue weighted by atomic mass is 9.92. The quantitative estimate of drug-likeness (QED) is 0.844. The largest absolute Gasteiger partial charge is 0.341 e. The van der Waals surface area contributed by atoms with E-state index < -0.39 is 0 Å². The van der Waals surface area contributed by atoms with Crippen LogP contribution in [0.4, 0.5) is 10.9 Å². The molecule has 6 nitrogen and oxygen atoms in total. The monoisotopic (exact) mass is 385 g/mol. The molecule has 0 bridgehead atoms. The van der Waals surface area contributed by atoms with Crippen LogP contribution in [0.15, 0.2) is 24.4 Å². The molecular formula is C20H27N5OS. The smallest absolute Gasteiger partial charge is 0.239 e. The van der Waals surface area contributed by atoms with Crippen LogP contribution in [0, 0.1) is 6.92 Å². The summed E-state index contributed by atoms with van der Waals surface area (Å²) >= 11 is 1.63. The zero-order chi connectivity index (χ0) is 18.6. The summed E-state index contributed by atoms with van der Waals surface area (Å²) in [5.41, 5.74) is 1.11. The lowest BCUT2D eigenvalue weighted by Crippen LogP contribution is -2.50. The molecule has 27 heavy (non-hydrogen) atoms. The minimum Gasteiger partial charge on any atom is -0.341 e. The molecule has 0 radical (unpaired) electrons. The van der Waals surface area contributed by atoms with Crippen molar-refractivity contribution in [2.45, 2.75) is 51.0 Å². The average Bonchev–Trinajstić information content (AvgIpc) is 3.13. The first-order chi connectivity index (χ1) is 13.2. The standard InChI is InChI=1S/C20H27N5OS/c1-14-13-22-20(27-14)24-18-7-4-6-16(23-18)15-8-11-25(12-9-15)19(26)17-5-2-3-10-21-17/h4,6-7,13,15,17,21H,2-3,5,8-12H2,1H3,(H,22,23,24). The van der Waals surface area contributed by atoms with E-state index in [1.54, 1.807) is 11.3 Å². The Morgan fingerprint density at radius 1 is 1.26 bits per heavy atom. The van der Waals surface area contributed by atoms with E-state index >= 15 is 0 Å². The normalized spacial score (nSPS) is 21.2. The molecule has 2 aromatic heterocycles. The minimum absolute atomic E-state index is 0.0303. The molecule has 1 unspecified atom stereocenters. The van der Waals surface area contributed by atoms with Crippen LogP contribution in [0.25, 0.3) is 0 Å². The Kier molecular flexibility index (Phi) is 5.69. The van der Waals surface area contributed by atoms with Gasteiger partial charge in [-0.15, -0.1) is 11.3 Å². The molecule has 2 aliphatic heterocycles. The fourth-order valence-electron chi connectivity index (χ4n) is 3.95. The molecule has 0 aromatic carbocycles. The van der Waals surface area contributed by atoms with Crippen LogP contribution < -0.4 is 10.6 Å². The number of anilines is 2. The number of pyridine rings is 1. The number of aryl methyl sites for hydroxylation is 1. The number of carbonyl (C=O) groups excluding carboxylic acids is 1. The van der Waals surface area contributed by atoms with Gasteiger partial charge in [0.05, 0.1) is 6.04 Å². The lowest BCUT2D eigenvalue weighted by molar-refractivity contribution is -0.135. The molecule has 2 fully saturated rings. The predicted octanol–water partition coefficient (Wildman–Crippen LogP) is 3.44. The Balaban J connectivity index is 1.35. The van der Waals surface area contributed by atoms with Gasteiger partial charge in [-0.3, -0.25) is 4.79 Å². The molecule has 0 aliphatic carbocycles. The maximum absolute atomic E-state index is 12.7. The van der Waals surface area contributed by atoms with Gasteiger partial charge >= 0.3 is 0 Å². The molecule has 7 heteroatoms. The Hall–Kier alpha value is -1.99. The first kappa shape index (κ1) is 18.4. The van der Waals surface area contributed by atoms with Gasteiger partial charge in [-0.1, -0.05) is 12.5 Å². The van der Waals surface area contributed by atoms with Crippen molar-refractivity contribution in [3.63, 3.8) is 0 Å². The maximum atomic E-state index is 12.7. The summed E-state index contributed by atoms with van der Waals surface area (Å²) in [6, 6.07) is 6.16. The van der Waals surface area contributed by atoms with Gasteiger partial charge in [-0.2, -0.15) is 0 Å². The summed E-state index contributed by atoms with van der Waals surface area (Å²) in [6.45, 7) is 4.67. The number of hydrogen-bond acceptors (Lipinski definition) is 6. The van der Waals surface area contributed by atoms with Crippen molar-refractivity contribution in [3.8, 4) is 0 Å². The highest BCUT2D eigenvalue weighted by Crippen LogP contribution is 2.29. The molecular weight excluding hydrogens is 358 g/mol. The average molecular weight is 386 g/mol. The van der Waals surface area contributed by atoms with Crippen molar-refractivity contribution in [1.29, 1.82) is 0 Å². The highest BCUT2D eigenvalue weighted by atomic mass is 32.1. The number of carbonyl (C=O) groups is 1. The second-order valence-electron chi connectivity index (χ2n) is 7.45. The van der Waals surface area contributed by atoms with E-state index in [1.165, 1.54) is 11.3 Å². The summed E-state index contributed by atoms with van der Waals surface area (Å²) in [7, 11) is 0. The van der Waals surface area contributed by atoms with Crippen LogP contribution in [0.5, 0.6) is 0 Å². The third-order valence-corrected chi connectivity index (χ3v) is 6.29. The molecule has 0 spiro atoms. The Morgan fingerprint density at radius 2 is 2.11 bits per heavy atom. The van der Waals surface area contributed by atoms with E-state index in [0.29, 0.717) is 5.92 Å². The first-order valence-electron chi connectivity index (χ1n) is 9.87. The summed E-state index contributed by atoms with van der Waals surface area (Å²) in [6.07, 6.45) is 7.14. The van der Waals surface area contributed by atoms with Crippen molar-refractivity contribution < 1.29 is 4.79 Å². The number of likely N-dealkylation sites (tertiary alicyclic amines) is 1. The summed E-state index contributed by atoms with van der Waals surface area (Å²) in [5.74, 6) is 1.54. The maximum Gasteiger partial charge on any atom is 0.239 e. The van der Waals surface area contributed by atoms with Crippen molar-refractivity contribution in [3.05, 3.63) is 35.0 Å². The zero-order valence-corrected chi connectivity index (χ0v) is 16.6. The van der Waals surface area contributed by atoms with Gasteiger partial charge in [0.25, 0.3) is 0 Å². The molecule has 2 aliphatic rings. The number of hydrogen-bond donors (Lipinski definition) is 2. The number of nitrogens with one attached hydrogen (secondary N) is 2. The molecule has 0 saturated carbocycles. The zero-order valence-electron chi connectivity index (χ0n) is 15.8. The lowest BCUT2D eigenvalue weighted by Gasteiger charge is -2.35. The van der Waals surface area contributed by atoms with E-state index in [2.05, 4.69) is 27.8 Å². The second-order valence-corrected chi connectivity index (χ2v) is 8.69. The summed E-state index contributed by atoms with van der Waals surface area (Å²) in [5, 5.41) is 7.55. The third kappa shape index (κ3) is 4.47. The predicted molar refractivity (Wildman–Crippen MR) is 109 cm³/mol. The van der Waals surface area contributed by atoms with Crippen LogP contribution in [-0.4, -0.2) is 46.5 Å². The van der Waals surface area contributed by atoms with Crippen molar-refractivity contribution in [1.82, 2.24) is 20.2 Å². The SMILES string of the molecule is Cc1cnc(Nc2cccc(C3CCN(C(=O)C4CCCCN4)CC3)n2)s1. The highest BCUT2D eigenvalue weighted by molar-refractivity contribution is 7.15. The van der Waals surface area contributed by atoms with Crippen LogP contribution in [-0.2, 0) is 4.79 Å². The Morgan fingerprint density at radius 3 is 2.81 bits per heavy atom. The van der Waals surface area contributed by atoms with Crippen molar-refractivity contribution in [2.75, 3.05) is 25.0 Å². The molecule has 4 rings (SSSR count). The molecule has 1 atom stereocenters. The van der Waals surface area contributed by atoms with E-state index in [1.807, 2.05) is 24.1 Å². The number of aromatic nitrogens is 2. The summed E-state index contributed by atoms with van der Waals surface area (Å²) in [4.78, 5) is 25.1. The number of thiazole rings is 1. The molecule has 2 saturated heterocycles. The van der Waals surface area contributed by atoms with Crippen LogP contribution in [0.3, 0.4) is 0 Å². The van der Waals surface area contributed by atoms with Gasteiger partial charge in [-0.05, 0) is 51.3 Å². The molecule has 2 N–H and O–H groups in total. The van der Waals surface area contributed by atoms with Gasteiger partial charge in [-0.25, -0.2) is 9.97 Å². The van der Waals surface area contributed by atoms with E-state index in [0.717, 1.165) is 62.0 Å². The first-order valence-corrected chi connectivity index (χ1v) is 10.7. The van der Waals surface area contributed by atoms with Gasteiger partial charge in [0, 0.05) is 35.8 Å². The van der Waals surface area contributed by atoms with E-state index in [-0.39, 0.29) is 11.9 Å². The molecule has 4 heterocycles. The Bertz CT molecular complexity index is 778. The van der Waals surface area contributed by atoms with Crippen LogP contribution >= 0.6 is 11.3 Å². The Labute approximate surface area is 164 Å². The third-order valence-electron chi connectivity index (χ3n) is 5.46. The second kappa shape index (κ2) is 8.35. The fourth-order valence-corrected chi connectivity index (χ4v) is 4.62. The molecule has 2 aromatic rings. The van der Waals surface area contributed by atoms with Crippen molar-refractivity contribution in [2.24, 2.45) is 0 Å². The molecule has 144 valence electrons.